The van der Waals surface area contributed by atoms with Crippen LogP contribution in [0.4, 0.5) is 5.69 Å². The van der Waals surface area contributed by atoms with E-state index in [9.17, 15) is 4.79 Å². The second kappa shape index (κ2) is 5.25. The van der Waals surface area contributed by atoms with E-state index >= 15 is 0 Å². The predicted octanol–water partition coefficient (Wildman–Crippen LogP) is 3.72. The number of amides is 1. The minimum absolute atomic E-state index is 0.0196. The summed E-state index contributed by atoms with van der Waals surface area (Å²) >= 11 is 5.78. The van der Waals surface area contributed by atoms with Gasteiger partial charge in [-0.05, 0) is 43.5 Å². The molecule has 2 heterocycles. The number of halogens is 1. The average molecular weight is 287 g/mol. The summed E-state index contributed by atoms with van der Waals surface area (Å²) < 4.78 is 0. The molecule has 1 aromatic heterocycles. The topological polar surface area (TPSA) is 33.2 Å². The maximum Gasteiger partial charge on any atom is 0.260 e. The van der Waals surface area contributed by atoms with Gasteiger partial charge in [0.1, 0.15) is 5.15 Å². The summed E-state index contributed by atoms with van der Waals surface area (Å²) in [4.78, 5) is 18.6. The van der Waals surface area contributed by atoms with Crippen LogP contribution in [-0.4, -0.2) is 16.9 Å². The first-order valence-corrected chi connectivity index (χ1v) is 7.07. The molecule has 1 aromatic carbocycles. The van der Waals surface area contributed by atoms with Gasteiger partial charge < -0.3 is 4.90 Å². The number of carbonyl (C=O) groups is 1. The van der Waals surface area contributed by atoms with Crippen LogP contribution in [0.1, 0.15) is 29.3 Å². The summed E-state index contributed by atoms with van der Waals surface area (Å²) in [5, 5.41) is 0.397. The van der Waals surface area contributed by atoms with Crippen LogP contribution in [-0.2, 0) is 6.42 Å². The van der Waals surface area contributed by atoms with Crippen molar-refractivity contribution in [2.24, 2.45) is 0 Å². The summed E-state index contributed by atoms with van der Waals surface area (Å²) in [7, 11) is 0. The highest BCUT2D eigenvalue weighted by Gasteiger charge is 2.28. The van der Waals surface area contributed by atoms with Crippen LogP contribution < -0.4 is 4.90 Å². The highest BCUT2D eigenvalue weighted by Crippen LogP contribution is 2.31. The number of aryl methyl sites for hydroxylation is 1. The number of pyridine rings is 1. The fourth-order valence-corrected chi connectivity index (χ4v) is 2.75. The van der Waals surface area contributed by atoms with Crippen molar-refractivity contribution < 1.29 is 4.79 Å². The van der Waals surface area contributed by atoms with Gasteiger partial charge in [0.15, 0.2) is 0 Å². The van der Waals surface area contributed by atoms with Gasteiger partial charge >= 0.3 is 0 Å². The molecule has 0 spiro atoms. The van der Waals surface area contributed by atoms with E-state index < -0.39 is 0 Å². The minimum atomic E-state index is -0.0196. The predicted molar refractivity (Wildman–Crippen MR) is 80.3 cm³/mol. The standard InChI is InChI=1S/C16H15ClN2O/c1-11-6-7-12-4-2-3-5-14(12)19(11)16(20)13-8-9-15(17)18-10-13/h2-5,8-11H,6-7H2,1H3. The van der Waals surface area contributed by atoms with E-state index in [0.717, 1.165) is 18.5 Å². The Kier molecular flexibility index (Phi) is 3.45. The van der Waals surface area contributed by atoms with Gasteiger partial charge in [0.2, 0.25) is 0 Å². The fourth-order valence-electron chi connectivity index (χ4n) is 2.64. The Bertz CT molecular complexity index is 639. The van der Waals surface area contributed by atoms with E-state index in [0.29, 0.717) is 10.7 Å². The maximum atomic E-state index is 12.7. The second-order valence-electron chi connectivity index (χ2n) is 5.06. The van der Waals surface area contributed by atoms with E-state index in [4.69, 9.17) is 11.6 Å². The molecule has 1 aliphatic heterocycles. The van der Waals surface area contributed by atoms with Gasteiger partial charge in [-0.15, -0.1) is 0 Å². The monoisotopic (exact) mass is 286 g/mol. The van der Waals surface area contributed by atoms with Gasteiger partial charge in [-0.3, -0.25) is 4.79 Å². The Morgan fingerprint density at radius 2 is 2.10 bits per heavy atom. The van der Waals surface area contributed by atoms with Crippen LogP contribution in [0.15, 0.2) is 42.6 Å². The second-order valence-corrected chi connectivity index (χ2v) is 5.45. The minimum Gasteiger partial charge on any atom is -0.305 e. The SMILES string of the molecule is CC1CCc2ccccc2N1C(=O)c1ccc(Cl)nc1. The number of para-hydroxylation sites is 1. The molecule has 0 bridgehead atoms. The van der Waals surface area contributed by atoms with Crippen molar-refractivity contribution in [1.29, 1.82) is 0 Å². The van der Waals surface area contributed by atoms with E-state index in [1.807, 2.05) is 23.1 Å². The first kappa shape index (κ1) is 13.1. The van der Waals surface area contributed by atoms with Gasteiger partial charge in [-0.25, -0.2) is 4.98 Å². The molecule has 0 saturated heterocycles. The number of hydrogen-bond donors (Lipinski definition) is 0. The molecule has 1 aliphatic rings. The van der Waals surface area contributed by atoms with Crippen LogP contribution in [0.3, 0.4) is 0 Å². The summed E-state index contributed by atoms with van der Waals surface area (Å²) in [6.07, 6.45) is 3.53. The number of fused-ring (bicyclic) bond motifs is 1. The molecule has 2 aromatic rings. The number of aromatic nitrogens is 1. The van der Waals surface area contributed by atoms with Crippen molar-refractivity contribution in [3.05, 3.63) is 58.9 Å². The molecule has 3 rings (SSSR count). The Labute approximate surface area is 123 Å². The van der Waals surface area contributed by atoms with E-state index in [2.05, 4.69) is 18.0 Å². The average Bonchev–Trinajstić information content (AvgIpc) is 2.47. The van der Waals surface area contributed by atoms with Crippen molar-refractivity contribution in [2.45, 2.75) is 25.8 Å². The van der Waals surface area contributed by atoms with E-state index in [1.165, 1.54) is 11.8 Å². The molecule has 20 heavy (non-hydrogen) atoms. The zero-order chi connectivity index (χ0) is 14.1. The van der Waals surface area contributed by atoms with Gasteiger partial charge in [0, 0.05) is 17.9 Å². The Morgan fingerprint density at radius 1 is 1.30 bits per heavy atom. The lowest BCUT2D eigenvalue weighted by Gasteiger charge is -2.35. The smallest absolute Gasteiger partial charge is 0.260 e. The third-order valence-corrected chi connectivity index (χ3v) is 3.94. The Hall–Kier alpha value is -1.87. The molecule has 1 amide bonds. The molecule has 4 heteroatoms. The Morgan fingerprint density at radius 3 is 2.85 bits per heavy atom. The van der Waals surface area contributed by atoms with Gasteiger partial charge in [0.25, 0.3) is 5.91 Å². The van der Waals surface area contributed by atoms with Crippen molar-refractivity contribution in [3.63, 3.8) is 0 Å². The summed E-state index contributed by atoms with van der Waals surface area (Å²) in [5.74, 6) is -0.0196. The lowest BCUT2D eigenvalue weighted by molar-refractivity contribution is 0.0975. The molecular weight excluding hydrogens is 272 g/mol. The Balaban J connectivity index is 2.00. The fraction of sp³-hybridized carbons (Fsp3) is 0.250. The van der Waals surface area contributed by atoms with Crippen molar-refractivity contribution >= 4 is 23.2 Å². The summed E-state index contributed by atoms with van der Waals surface area (Å²) in [5.41, 5.74) is 2.80. The highest BCUT2D eigenvalue weighted by atomic mass is 35.5. The van der Waals surface area contributed by atoms with Crippen LogP contribution in [0, 0.1) is 0 Å². The summed E-state index contributed by atoms with van der Waals surface area (Å²) in [6, 6.07) is 11.6. The summed E-state index contributed by atoms with van der Waals surface area (Å²) in [6.45, 7) is 2.08. The normalized spacial score (nSPS) is 17.7. The largest absolute Gasteiger partial charge is 0.305 e. The highest BCUT2D eigenvalue weighted by molar-refractivity contribution is 6.29. The van der Waals surface area contributed by atoms with Gasteiger partial charge in [0.05, 0.1) is 5.56 Å². The molecule has 0 saturated carbocycles. The van der Waals surface area contributed by atoms with Crippen molar-refractivity contribution in [3.8, 4) is 0 Å². The maximum absolute atomic E-state index is 12.7. The molecule has 1 unspecified atom stereocenters. The zero-order valence-electron chi connectivity index (χ0n) is 11.2. The molecular formula is C16H15ClN2O. The quantitative estimate of drug-likeness (QED) is 0.749. The first-order chi connectivity index (χ1) is 9.66. The van der Waals surface area contributed by atoms with E-state index in [1.54, 1.807) is 12.1 Å². The molecule has 0 fully saturated rings. The number of anilines is 1. The molecule has 0 N–H and O–H groups in total. The van der Waals surface area contributed by atoms with Crippen molar-refractivity contribution in [1.82, 2.24) is 4.98 Å². The molecule has 1 atom stereocenters. The van der Waals surface area contributed by atoms with Crippen molar-refractivity contribution in [2.75, 3.05) is 4.90 Å². The molecule has 0 aliphatic carbocycles. The van der Waals surface area contributed by atoms with Crippen LogP contribution >= 0.6 is 11.6 Å². The molecule has 102 valence electrons. The number of nitrogens with zero attached hydrogens (tertiary/aromatic N) is 2. The number of benzene rings is 1. The number of carbonyl (C=O) groups excluding carboxylic acids is 1. The van der Waals surface area contributed by atoms with Gasteiger partial charge in [-0.1, -0.05) is 29.8 Å². The third kappa shape index (κ3) is 2.29. The lowest BCUT2D eigenvalue weighted by Crippen LogP contribution is -2.42. The molecule has 0 radical (unpaired) electrons. The van der Waals surface area contributed by atoms with Crippen LogP contribution in [0.25, 0.3) is 0 Å². The lowest BCUT2D eigenvalue weighted by atomic mass is 9.96. The third-order valence-electron chi connectivity index (χ3n) is 3.72. The van der Waals surface area contributed by atoms with Crippen LogP contribution in [0.5, 0.6) is 0 Å². The van der Waals surface area contributed by atoms with E-state index in [-0.39, 0.29) is 11.9 Å². The van der Waals surface area contributed by atoms with Crippen LogP contribution in [0.2, 0.25) is 5.15 Å². The van der Waals surface area contributed by atoms with Gasteiger partial charge in [-0.2, -0.15) is 0 Å². The first-order valence-electron chi connectivity index (χ1n) is 6.70. The number of hydrogen-bond acceptors (Lipinski definition) is 2. The number of rotatable bonds is 1. The zero-order valence-corrected chi connectivity index (χ0v) is 12.0. The molecule has 3 nitrogen and oxygen atoms in total.